The molecule has 3 atom stereocenters. The molecule has 1 spiro atoms. The summed E-state index contributed by atoms with van der Waals surface area (Å²) in [7, 11) is 0. The third-order valence-corrected chi connectivity index (χ3v) is 13.0. The zero-order valence-corrected chi connectivity index (χ0v) is 33.6. The van der Waals surface area contributed by atoms with E-state index in [-0.39, 0.29) is 5.92 Å². The van der Waals surface area contributed by atoms with Crippen LogP contribution in [0.3, 0.4) is 0 Å². The van der Waals surface area contributed by atoms with Crippen LogP contribution in [-0.4, -0.2) is 11.7 Å². The number of aliphatic imine (C=N–C) groups is 2. The maximum atomic E-state index is 7.02. The van der Waals surface area contributed by atoms with E-state index in [1.807, 2.05) is 6.07 Å². The standard InChI is InChI=1S/C55H45N3O/c1-35-28-30-37(31-29-35)39-18-15-19-41(33-39)54(3)57-52(38-16-5-4-6-17-38)56-53(58-54)45-23-8-7-20-42(45)40-32-36(2)51-50(34-40)59-49-27-14-13-26-48(49)55(51)46-24-11-9-21-43(46)44-22-10-12-25-47(44)55/h4-28,30-31,33-36H,29,32H2,1-3H3,(H,56,57,58). The normalized spacial score (nSPS) is 22.1. The van der Waals surface area contributed by atoms with Gasteiger partial charge in [0.15, 0.2) is 5.66 Å². The third kappa shape index (κ3) is 5.57. The second kappa shape index (κ2) is 13.7. The highest BCUT2D eigenvalue weighted by atomic mass is 16.5. The molecular formula is C55H45N3O. The van der Waals surface area contributed by atoms with Gasteiger partial charge in [0.2, 0.25) is 0 Å². The van der Waals surface area contributed by atoms with Gasteiger partial charge in [-0.1, -0.05) is 172 Å². The number of hydrogen-bond donors (Lipinski definition) is 1. The van der Waals surface area contributed by atoms with Crippen LogP contribution in [-0.2, 0) is 11.1 Å². The minimum absolute atomic E-state index is 0.174. The van der Waals surface area contributed by atoms with Crippen molar-refractivity contribution in [1.82, 2.24) is 5.32 Å². The monoisotopic (exact) mass is 763 g/mol. The summed E-state index contributed by atoms with van der Waals surface area (Å²) in [5.41, 5.74) is 14.4. The SMILES string of the molecule is CC1C=CC(c2cccc(C3(C)N=C(c4ccccc4)NC(c4ccccc4C4=CC5=C(C(C)C4)C4(c6ccccc6O5)c5ccccc5-c5ccccc54)=N3)c2)=CC1. The van der Waals surface area contributed by atoms with Crippen LogP contribution in [0.2, 0.25) is 0 Å². The summed E-state index contributed by atoms with van der Waals surface area (Å²) >= 11 is 0. The Kier molecular flexibility index (Phi) is 8.20. The molecule has 286 valence electrons. The predicted octanol–water partition coefficient (Wildman–Crippen LogP) is 12.4. The van der Waals surface area contributed by atoms with Gasteiger partial charge < -0.3 is 10.1 Å². The molecule has 0 bridgehead atoms. The molecule has 5 aliphatic rings. The van der Waals surface area contributed by atoms with Crippen LogP contribution >= 0.6 is 0 Å². The number of ether oxygens (including phenoxy) is 1. The summed E-state index contributed by atoms with van der Waals surface area (Å²) in [6, 6.07) is 54.5. The first-order valence-electron chi connectivity index (χ1n) is 20.9. The van der Waals surface area contributed by atoms with Crippen LogP contribution in [0.5, 0.6) is 5.75 Å². The van der Waals surface area contributed by atoms with Crippen molar-refractivity contribution in [2.75, 3.05) is 0 Å². The number of rotatable bonds is 5. The molecule has 1 N–H and O–H groups in total. The Balaban J connectivity index is 1.06. The summed E-state index contributed by atoms with van der Waals surface area (Å²) < 4.78 is 7.02. The van der Waals surface area contributed by atoms with Crippen LogP contribution in [0.25, 0.3) is 22.3 Å². The molecule has 4 nitrogen and oxygen atoms in total. The molecule has 4 heteroatoms. The van der Waals surface area contributed by atoms with Gasteiger partial charge in [-0.2, -0.15) is 0 Å². The predicted molar refractivity (Wildman–Crippen MR) is 241 cm³/mol. The average Bonchev–Trinajstić information content (AvgIpc) is 3.57. The molecule has 2 heterocycles. The van der Waals surface area contributed by atoms with Gasteiger partial charge in [0, 0.05) is 22.3 Å². The second-order valence-electron chi connectivity index (χ2n) is 16.8. The molecule has 0 amide bonds. The zero-order chi connectivity index (χ0) is 39.7. The van der Waals surface area contributed by atoms with Crippen molar-refractivity contribution < 1.29 is 4.74 Å². The van der Waals surface area contributed by atoms with E-state index >= 15 is 0 Å². The lowest BCUT2D eigenvalue weighted by Gasteiger charge is -2.44. The van der Waals surface area contributed by atoms with E-state index in [2.05, 4.69) is 196 Å². The largest absolute Gasteiger partial charge is 0.457 e. The number of benzene rings is 6. The van der Waals surface area contributed by atoms with Gasteiger partial charge in [-0.15, -0.1) is 0 Å². The number of hydrogen-bond acceptors (Lipinski definition) is 4. The molecule has 59 heavy (non-hydrogen) atoms. The average molecular weight is 764 g/mol. The minimum Gasteiger partial charge on any atom is -0.457 e. The minimum atomic E-state index is -0.878. The Morgan fingerprint density at radius 2 is 1.25 bits per heavy atom. The van der Waals surface area contributed by atoms with Gasteiger partial charge in [-0.3, -0.25) is 0 Å². The van der Waals surface area contributed by atoms with E-state index in [4.69, 9.17) is 14.7 Å². The fourth-order valence-electron chi connectivity index (χ4n) is 10.3. The molecule has 0 saturated carbocycles. The first kappa shape index (κ1) is 35.4. The second-order valence-corrected chi connectivity index (χ2v) is 16.8. The van der Waals surface area contributed by atoms with E-state index in [1.165, 1.54) is 50.1 Å². The van der Waals surface area contributed by atoms with E-state index in [1.54, 1.807) is 0 Å². The number of allylic oxidation sites excluding steroid dienone is 7. The first-order valence-corrected chi connectivity index (χ1v) is 20.9. The number of fused-ring (bicyclic) bond motifs is 8. The Morgan fingerprint density at radius 3 is 1.98 bits per heavy atom. The topological polar surface area (TPSA) is 46.0 Å². The molecule has 11 rings (SSSR count). The fourth-order valence-corrected chi connectivity index (χ4v) is 10.3. The summed E-state index contributed by atoms with van der Waals surface area (Å²) in [5.74, 6) is 4.17. The maximum absolute atomic E-state index is 7.02. The molecule has 6 aromatic rings. The van der Waals surface area contributed by atoms with Crippen LogP contribution in [0.15, 0.2) is 197 Å². The van der Waals surface area contributed by atoms with E-state index in [0.29, 0.717) is 5.92 Å². The number of nitrogens with one attached hydrogen (secondary N) is 1. The summed E-state index contributed by atoms with van der Waals surface area (Å²) in [4.78, 5) is 10.9. The van der Waals surface area contributed by atoms with Crippen molar-refractivity contribution in [1.29, 1.82) is 0 Å². The van der Waals surface area contributed by atoms with Gasteiger partial charge >= 0.3 is 0 Å². The summed E-state index contributed by atoms with van der Waals surface area (Å²) in [5, 5.41) is 3.72. The lowest BCUT2D eigenvalue weighted by Crippen LogP contribution is -2.41. The van der Waals surface area contributed by atoms with Gasteiger partial charge in [0.05, 0.1) is 5.41 Å². The first-order chi connectivity index (χ1) is 28.9. The van der Waals surface area contributed by atoms with Gasteiger partial charge in [0.25, 0.3) is 0 Å². The molecular weight excluding hydrogens is 719 g/mol. The molecule has 2 aliphatic heterocycles. The lowest BCUT2D eigenvalue weighted by atomic mass is 9.60. The van der Waals surface area contributed by atoms with Crippen molar-refractivity contribution in [3.8, 4) is 16.9 Å². The van der Waals surface area contributed by atoms with Crippen molar-refractivity contribution in [3.63, 3.8) is 0 Å². The lowest BCUT2D eigenvalue weighted by molar-refractivity contribution is 0.372. The Hall–Kier alpha value is -6.78. The van der Waals surface area contributed by atoms with Gasteiger partial charge in [-0.05, 0) is 99.9 Å². The van der Waals surface area contributed by atoms with Crippen LogP contribution in [0.4, 0.5) is 0 Å². The molecule has 3 unspecified atom stereocenters. The quantitative estimate of drug-likeness (QED) is 0.190. The van der Waals surface area contributed by atoms with E-state index in [9.17, 15) is 0 Å². The molecule has 6 aromatic carbocycles. The van der Waals surface area contributed by atoms with Crippen molar-refractivity contribution in [2.24, 2.45) is 21.8 Å². The van der Waals surface area contributed by atoms with Crippen molar-refractivity contribution in [2.45, 2.75) is 44.7 Å². The Morgan fingerprint density at radius 1 is 0.627 bits per heavy atom. The van der Waals surface area contributed by atoms with Crippen LogP contribution in [0.1, 0.15) is 78.1 Å². The summed E-state index contributed by atoms with van der Waals surface area (Å²) in [6.07, 6.45) is 11.1. The third-order valence-electron chi connectivity index (χ3n) is 13.0. The van der Waals surface area contributed by atoms with Crippen LogP contribution < -0.4 is 10.1 Å². The zero-order valence-electron chi connectivity index (χ0n) is 33.6. The smallest absolute Gasteiger partial charge is 0.177 e. The van der Waals surface area contributed by atoms with E-state index < -0.39 is 11.1 Å². The molecule has 0 aromatic heterocycles. The molecule has 0 saturated heterocycles. The van der Waals surface area contributed by atoms with Crippen LogP contribution in [0, 0.1) is 11.8 Å². The number of para-hydroxylation sites is 1. The molecule has 0 radical (unpaired) electrons. The Bertz CT molecular complexity index is 2840. The summed E-state index contributed by atoms with van der Waals surface area (Å²) in [6.45, 7) is 6.77. The van der Waals surface area contributed by atoms with Crippen molar-refractivity contribution >= 4 is 22.8 Å². The van der Waals surface area contributed by atoms with Gasteiger partial charge in [0.1, 0.15) is 23.2 Å². The highest BCUT2D eigenvalue weighted by Gasteiger charge is 2.54. The highest BCUT2D eigenvalue weighted by molar-refractivity contribution is 6.17. The molecule has 3 aliphatic carbocycles. The number of amidine groups is 2. The van der Waals surface area contributed by atoms with Crippen molar-refractivity contribution in [3.05, 3.63) is 232 Å². The Labute approximate surface area is 346 Å². The fraction of sp³-hybridized carbons (Fsp3) is 0.164. The van der Waals surface area contributed by atoms with Gasteiger partial charge in [-0.25, -0.2) is 9.98 Å². The molecule has 0 fully saturated rings. The maximum Gasteiger partial charge on any atom is 0.177 e. The highest BCUT2D eigenvalue weighted by Crippen LogP contribution is 2.63. The number of nitrogens with zero attached hydrogens (tertiary/aromatic N) is 2. The van der Waals surface area contributed by atoms with E-state index in [0.717, 1.165) is 58.3 Å².